The Labute approximate surface area is 113 Å². The van der Waals surface area contributed by atoms with Crippen molar-refractivity contribution < 1.29 is 9.59 Å². The summed E-state index contributed by atoms with van der Waals surface area (Å²) in [5.74, 6) is 2.54. The molecular weight excluding hydrogens is 242 g/mol. The van der Waals surface area contributed by atoms with Crippen molar-refractivity contribution in [3.05, 3.63) is 0 Å². The Kier molecular flexibility index (Phi) is 4.67. The van der Waals surface area contributed by atoms with Gasteiger partial charge >= 0.3 is 6.03 Å². The number of amides is 3. The van der Waals surface area contributed by atoms with Gasteiger partial charge in [0.2, 0.25) is 5.91 Å². The lowest BCUT2D eigenvalue weighted by Gasteiger charge is -2.29. The number of hydrogen-bond donors (Lipinski definition) is 3. The summed E-state index contributed by atoms with van der Waals surface area (Å²) >= 11 is 0. The predicted molar refractivity (Wildman–Crippen MR) is 72.3 cm³/mol. The molecule has 19 heavy (non-hydrogen) atoms. The summed E-state index contributed by atoms with van der Waals surface area (Å²) in [6.07, 6.45) is 10.8. The maximum atomic E-state index is 12.0. The highest BCUT2D eigenvalue weighted by atomic mass is 16.2. The van der Waals surface area contributed by atoms with Crippen LogP contribution in [0, 0.1) is 18.3 Å². The van der Waals surface area contributed by atoms with Crippen molar-refractivity contribution in [2.75, 3.05) is 6.54 Å². The van der Waals surface area contributed by atoms with Gasteiger partial charge in [-0.25, -0.2) is 4.79 Å². The van der Waals surface area contributed by atoms with E-state index < -0.39 is 0 Å². The Morgan fingerprint density at radius 2 is 1.89 bits per heavy atom. The zero-order chi connectivity index (χ0) is 13.7. The van der Waals surface area contributed by atoms with E-state index in [4.69, 9.17) is 6.42 Å². The fraction of sp³-hybridized carbons (Fsp3) is 0.714. The van der Waals surface area contributed by atoms with E-state index in [1.807, 2.05) is 0 Å². The van der Waals surface area contributed by atoms with Crippen LogP contribution in [0.2, 0.25) is 0 Å². The molecule has 0 aromatic heterocycles. The number of carbonyl (C=O) groups is 2. The van der Waals surface area contributed by atoms with E-state index in [-0.39, 0.29) is 30.4 Å². The first-order valence-corrected chi connectivity index (χ1v) is 6.97. The third-order valence-electron chi connectivity index (χ3n) is 3.65. The van der Waals surface area contributed by atoms with Crippen LogP contribution in [-0.4, -0.2) is 30.6 Å². The summed E-state index contributed by atoms with van der Waals surface area (Å²) < 4.78 is 0. The van der Waals surface area contributed by atoms with Crippen molar-refractivity contribution in [1.29, 1.82) is 0 Å². The van der Waals surface area contributed by atoms with Crippen molar-refractivity contribution in [3.8, 4) is 12.3 Å². The molecule has 3 amide bonds. The monoisotopic (exact) mass is 263 g/mol. The highest BCUT2D eigenvalue weighted by molar-refractivity contribution is 5.79. The normalized spacial score (nSPS) is 26.1. The van der Waals surface area contributed by atoms with Crippen LogP contribution in [0.15, 0.2) is 0 Å². The lowest BCUT2D eigenvalue weighted by atomic mass is 9.85. The molecule has 2 aliphatic rings. The van der Waals surface area contributed by atoms with Gasteiger partial charge in [-0.05, 0) is 32.1 Å². The van der Waals surface area contributed by atoms with Gasteiger partial charge in [-0.1, -0.05) is 12.3 Å². The number of nitrogens with one attached hydrogen (secondary N) is 3. The third-order valence-corrected chi connectivity index (χ3v) is 3.65. The van der Waals surface area contributed by atoms with E-state index in [2.05, 4.69) is 21.9 Å². The minimum atomic E-state index is -0.244. The summed E-state index contributed by atoms with van der Waals surface area (Å²) in [4.78, 5) is 23.5. The molecule has 0 heterocycles. The van der Waals surface area contributed by atoms with Crippen LogP contribution in [0.25, 0.3) is 0 Å². The fourth-order valence-electron chi connectivity index (χ4n) is 2.47. The van der Waals surface area contributed by atoms with Gasteiger partial charge in [0, 0.05) is 18.0 Å². The molecule has 0 spiro atoms. The highest BCUT2D eigenvalue weighted by Crippen LogP contribution is 2.26. The summed E-state index contributed by atoms with van der Waals surface area (Å²) in [6, 6.07) is 0.229. The Bertz CT molecular complexity index is 385. The first-order chi connectivity index (χ1) is 9.19. The quantitative estimate of drug-likeness (QED) is 0.655. The van der Waals surface area contributed by atoms with Gasteiger partial charge in [-0.3, -0.25) is 4.79 Å². The van der Waals surface area contributed by atoms with Crippen LogP contribution in [0.4, 0.5) is 4.79 Å². The van der Waals surface area contributed by atoms with E-state index in [1.54, 1.807) is 0 Å². The molecule has 0 aromatic carbocycles. The van der Waals surface area contributed by atoms with Gasteiger partial charge in [0.1, 0.15) is 0 Å². The number of carbonyl (C=O) groups excluding carboxylic acids is 2. The molecule has 104 valence electrons. The van der Waals surface area contributed by atoms with Crippen LogP contribution >= 0.6 is 0 Å². The summed E-state index contributed by atoms with van der Waals surface area (Å²) in [5, 5.41) is 8.50. The van der Waals surface area contributed by atoms with Crippen molar-refractivity contribution >= 4 is 11.9 Å². The van der Waals surface area contributed by atoms with Crippen molar-refractivity contribution in [3.63, 3.8) is 0 Å². The molecule has 0 aliphatic heterocycles. The van der Waals surface area contributed by atoms with Gasteiger partial charge < -0.3 is 16.0 Å². The molecule has 5 nitrogen and oxygen atoms in total. The van der Waals surface area contributed by atoms with Crippen LogP contribution in [0.1, 0.15) is 38.5 Å². The zero-order valence-electron chi connectivity index (χ0n) is 11.1. The van der Waals surface area contributed by atoms with E-state index >= 15 is 0 Å². The van der Waals surface area contributed by atoms with E-state index in [1.165, 1.54) is 0 Å². The lowest BCUT2D eigenvalue weighted by molar-refractivity contribution is -0.126. The van der Waals surface area contributed by atoms with Crippen LogP contribution in [-0.2, 0) is 4.79 Å². The maximum absolute atomic E-state index is 12.0. The average molecular weight is 263 g/mol. The molecule has 2 atom stereocenters. The largest absolute Gasteiger partial charge is 0.353 e. The molecular formula is C14H21N3O2. The zero-order valence-corrected chi connectivity index (χ0v) is 11.1. The smallest absolute Gasteiger partial charge is 0.315 e. The molecule has 0 saturated heterocycles. The molecule has 2 aliphatic carbocycles. The highest BCUT2D eigenvalue weighted by Gasteiger charge is 2.31. The van der Waals surface area contributed by atoms with E-state index in [9.17, 15) is 9.59 Å². The Morgan fingerprint density at radius 1 is 1.11 bits per heavy atom. The van der Waals surface area contributed by atoms with Crippen molar-refractivity contribution in [2.45, 2.75) is 50.6 Å². The molecule has 2 fully saturated rings. The van der Waals surface area contributed by atoms with Gasteiger partial charge in [-0.15, -0.1) is 6.42 Å². The summed E-state index contributed by atoms with van der Waals surface area (Å²) in [5.41, 5.74) is 0. The number of hydrogen-bond acceptors (Lipinski definition) is 2. The Hall–Kier alpha value is -1.70. The van der Waals surface area contributed by atoms with Crippen LogP contribution in [0.3, 0.4) is 0 Å². The molecule has 0 bridgehead atoms. The van der Waals surface area contributed by atoms with Crippen molar-refractivity contribution in [1.82, 2.24) is 16.0 Å². The Morgan fingerprint density at radius 3 is 2.58 bits per heavy atom. The molecule has 2 unspecified atom stereocenters. The minimum Gasteiger partial charge on any atom is -0.353 e. The van der Waals surface area contributed by atoms with Gasteiger partial charge in [-0.2, -0.15) is 0 Å². The predicted octanol–water partition coefficient (Wildman–Crippen LogP) is 0.756. The SMILES string of the molecule is C#CCNC(=O)NC1CCCC(C(=O)NC2CC2)C1. The van der Waals surface area contributed by atoms with Gasteiger partial charge in [0.15, 0.2) is 0 Å². The molecule has 2 saturated carbocycles. The van der Waals surface area contributed by atoms with E-state index in [0.29, 0.717) is 6.04 Å². The van der Waals surface area contributed by atoms with Gasteiger partial charge in [0.25, 0.3) is 0 Å². The molecule has 3 N–H and O–H groups in total. The number of terminal acetylenes is 1. The third kappa shape index (κ3) is 4.47. The first kappa shape index (κ1) is 13.7. The first-order valence-electron chi connectivity index (χ1n) is 6.97. The lowest BCUT2D eigenvalue weighted by Crippen LogP contribution is -2.46. The second-order valence-corrected chi connectivity index (χ2v) is 5.37. The summed E-state index contributed by atoms with van der Waals surface area (Å²) in [6.45, 7) is 0.226. The van der Waals surface area contributed by atoms with Gasteiger partial charge in [0.05, 0.1) is 6.54 Å². The summed E-state index contributed by atoms with van der Waals surface area (Å²) in [7, 11) is 0. The number of rotatable bonds is 4. The topological polar surface area (TPSA) is 70.2 Å². The van der Waals surface area contributed by atoms with E-state index in [0.717, 1.165) is 38.5 Å². The minimum absolute atomic E-state index is 0.0345. The maximum Gasteiger partial charge on any atom is 0.315 e. The standard InChI is InChI=1S/C14H21N3O2/c1-2-8-15-14(19)17-12-5-3-4-10(9-12)13(18)16-11-6-7-11/h1,10-12H,3-9H2,(H,16,18)(H2,15,17,19). The molecule has 0 aromatic rings. The second kappa shape index (κ2) is 6.46. The van der Waals surface area contributed by atoms with Crippen molar-refractivity contribution in [2.24, 2.45) is 5.92 Å². The Balaban J connectivity index is 1.74. The molecule has 0 radical (unpaired) electrons. The number of urea groups is 1. The second-order valence-electron chi connectivity index (χ2n) is 5.37. The van der Waals surface area contributed by atoms with Crippen LogP contribution < -0.4 is 16.0 Å². The molecule has 5 heteroatoms. The molecule has 2 rings (SSSR count). The average Bonchev–Trinajstić information content (AvgIpc) is 3.20. The van der Waals surface area contributed by atoms with Crippen LogP contribution in [0.5, 0.6) is 0 Å². The fourth-order valence-corrected chi connectivity index (χ4v) is 2.47.